The summed E-state index contributed by atoms with van der Waals surface area (Å²) in [5.41, 5.74) is 0.733. The Kier molecular flexibility index (Phi) is 2.61. The average Bonchev–Trinajstić information content (AvgIpc) is 2.64. The number of benzene rings is 1. The van der Waals surface area contributed by atoms with Crippen molar-refractivity contribution in [1.29, 1.82) is 0 Å². The van der Waals surface area contributed by atoms with Crippen LogP contribution in [0.25, 0.3) is 0 Å². The van der Waals surface area contributed by atoms with Crippen molar-refractivity contribution in [2.45, 2.75) is 11.9 Å². The molecule has 0 spiro atoms. The fourth-order valence-corrected chi connectivity index (χ4v) is 1.91. The minimum atomic E-state index is -0.876. The van der Waals surface area contributed by atoms with Gasteiger partial charge in [-0.3, -0.25) is 0 Å². The summed E-state index contributed by atoms with van der Waals surface area (Å²) in [7, 11) is 0. The van der Waals surface area contributed by atoms with Crippen molar-refractivity contribution in [3.63, 3.8) is 0 Å². The van der Waals surface area contributed by atoms with Gasteiger partial charge in [-0.25, -0.2) is 0 Å². The molecule has 1 heterocycles. The predicted molar refractivity (Wildman–Crippen MR) is 55.0 cm³/mol. The normalized spacial score (nSPS) is 15.9. The molecule has 1 aromatic rings. The lowest BCUT2D eigenvalue weighted by molar-refractivity contribution is 0.357. The van der Waals surface area contributed by atoms with Crippen LogP contribution in [-0.4, -0.2) is 6.61 Å². The van der Waals surface area contributed by atoms with Gasteiger partial charge in [0.05, 0.1) is 11.6 Å². The van der Waals surface area contributed by atoms with Gasteiger partial charge in [-0.05, 0) is 28.4 Å². The van der Waals surface area contributed by atoms with E-state index in [0.717, 1.165) is 12.0 Å². The second-order valence-electron chi connectivity index (χ2n) is 3.03. The van der Waals surface area contributed by atoms with Gasteiger partial charge in [-0.2, -0.15) is 0 Å². The molecule has 0 aliphatic carbocycles. The highest BCUT2D eigenvalue weighted by Gasteiger charge is 2.19. The zero-order chi connectivity index (χ0) is 10.1. The second kappa shape index (κ2) is 3.75. The maximum atomic E-state index is 10.3. The number of halogens is 2. The molecule has 14 heavy (non-hydrogen) atoms. The summed E-state index contributed by atoms with van der Waals surface area (Å²) >= 11 is 11.6. The van der Waals surface area contributed by atoms with Gasteiger partial charge >= 0.3 is 0 Å². The lowest BCUT2D eigenvalue weighted by atomic mass is 10.1. The number of hydrogen-bond donors (Lipinski definition) is 0. The highest BCUT2D eigenvalue weighted by atomic mass is 35.5. The number of nitrogens with zero attached hydrogens (tertiary/aromatic N) is 1. The van der Waals surface area contributed by atoms with Crippen LogP contribution in [0.15, 0.2) is 17.3 Å². The van der Waals surface area contributed by atoms with Gasteiger partial charge < -0.3 is 4.74 Å². The molecule has 0 amide bonds. The van der Waals surface area contributed by atoms with E-state index in [2.05, 4.69) is 5.18 Å². The van der Waals surface area contributed by atoms with Crippen molar-refractivity contribution in [3.05, 3.63) is 33.2 Å². The third-order valence-corrected chi connectivity index (χ3v) is 2.74. The van der Waals surface area contributed by atoms with Crippen LogP contribution in [0.1, 0.15) is 16.6 Å². The Morgan fingerprint density at radius 2 is 2.29 bits per heavy atom. The molecule has 0 fully saturated rings. The SMILES string of the molecule is O=NC(Cl)c1cc(Cl)c2c(c1)CCO2. The number of alkyl halides is 1. The van der Waals surface area contributed by atoms with Crippen LogP contribution in [0.4, 0.5) is 0 Å². The quantitative estimate of drug-likeness (QED) is 0.445. The molecule has 0 radical (unpaired) electrons. The Bertz CT molecular complexity index is 381. The summed E-state index contributed by atoms with van der Waals surface area (Å²) in [5.74, 6) is 0.699. The van der Waals surface area contributed by atoms with Crippen molar-refractivity contribution in [2.24, 2.45) is 5.18 Å². The Morgan fingerprint density at radius 1 is 1.50 bits per heavy atom. The Morgan fingerprint density at radius 3 is 3.00 bits per heavy atom. The van der Waals surface area contributed by atoms with Crippen LogP contribution >= 0.6 is 23.2 Å². The van der Waals surface area contributed by atoms with E-state index in [1.165, 1.54) is 0 Å². The summed E-state index contributed by atoms with van der Waals surface area (Å²) in [6.45, 7) is 0.625. The molecule has 0 N–H and O–H groups in total. The summed E-state index contributed by atoms with van der Waals surface area (Å²) in [6.07, 6.45) is 0.797. The van der Waals surface area contributed by atoms with Crippen LogP contribution in [0.5, 0.6) is 5.75 Å². The Balaban J connectivity index is 2.46. The smallest absolute Gasteiger partial charge is 0.190 e. The summed E-state index contributed by atoms with van der Waals surface area (Å²) in [4.78, 5) is 10.3. The number of hydrogen-bond acceptors (Lipinski definition) is 3. The maximum absolute atomic E-state index is 10.3. The van der Waals surface area contributed by atoms with Crippen molar-refractivity contribution in [2.75, 3.05) is 6.61 Å². The van der Waals surface area contributed by atoms with E-state index in [1.807, 2.05) is 6.07 Å². The van der Waals surface area contributed by atoms with Crippen LogP contribution in [0.2, 0.25) is 5.02 Å². The molecule has 0 saturated heterocycles. The van der Waals surface area contributed by atoms with E-state index in [-0.39, 0.29) is 0 Å². The molecule has 0 saturated carbocycles. The van der Waals surface area contributed by atoms with Crippen LogP contribution in [0.3, 0.4) is 0 Å². The third kappa shape index (κ3) is 1.57. The molecule has 0 aromatic heterocycles. The molecule has 3 nitrogen and oxygen atoms in total. The molecule has 5 heteroatoms. The van der Waals surface area contributed by atoms with Gasteiger partial charge in [0.1, 0.15) is 5.75 Å². The number of fused-ring (bicyclic) bond motifs is 1. The largest absolute Gasteiger partial charge is 0.491 e. The van der Waals surface area contributed by atoms with E-state index in [1.54, 1.807) is 6.07 Å². The van der Waals surface area contributed by atoms with Gasteiger partial charge in [0.15, 0.2) is 5.50 Å². The molecule has 0 bridgehead atoms. The van der Waals surface area contributed by atoms with E-state index >= 15 is 0 Å². The van der Waals surface area contributed by atoms with E-state index in [0.29, 0.717) is 22.9 Å². The lowest BCUT2D eigenvalue weighted by Gasteiger charge is -2.06. The maximum Gasteiger partial charge on any atom is 0.190 e. The zero-order valence-corrected chi connectivity index (χ0v) is 8.68. The van der Waals surface area contributed by atoms with Crippen LogP contribution in [0, 0.1) is 4.91 Å². The molecule has 1 atom stereocenters. The van der Waals surface area contributed by atoms with E-state index in [9.17, 15) is 4.91 Å². The molecule has 1 aliphatic rings. The molecule has 1 aliphatic heterocycles. The molecule has 74 valence electrons. The van der Waals surface area contributed by atoms with Gasteiger partial charge in [0.25, 0.3) is 0 Å². The first-order chi connectivity index (χ1) is 6.72. The third-order valence-electron chi connectivity index (χ3n) is 2.13. The molecular weight excluding hydrogens is 225 g/mol. The number of nitroso groups, excluding NO2 is 1. The fraction of sp³-hybridized carbons (Fsp3) is 0.333. The predicted octanol–water partition coefficient (Wildman–Crippen LogP) is 3.28. The molecule has 2 rings (SSSR count). The summed E-state index contributed by atoms with van der Waals surface area (Å²) in [5, 5.41) is 3.23. The topological polar surface area (TPSA) is 38.7 Å². The van der Waals surface area contributed by atoms with E-state index < -0.39 is 5.50 Å². The lowest BCUT2D eigenvalue weighted by Crippen LogP contribution is -1.88. The first-order valence-electron chi connectivity index (χ1n) is 4.14. The number of rotatable bonds is 2. The molecule has 1 aromatic carbocycles. The zero-order valence-electron chi connectivity index (χ0n) is 7.17. The van der Waals surface area contributed by atoms with E-state index in [4.69, 9.17) is 27.9 Å². The van der Waals surface area contributed by atoms with Crippen molar-refractivity contribution < 1.29 is 4.74 Å². The standard InChI is InChI=1S/C9H7Cl2NO2/c10-7-4-6(9(11)12-13)3-5-1-2-14-8(5)7/h3-4,9H,1-2H2. The van der Waals surface area contributed by atoms with Crippen molar-refractivity contribution in [1.82, 2.24) is 0 Å². The van der Waals surface area contributed by atoms with Gasteiger partial charge in [0, 0.05) is 6.42 Å². The van der Waals surface area contributed by atoms with Crippen LogP contribution in [-0.2, 0) is 6.42 Å². The van der Waals surface area contributed by atoms with Gasteiger partial charge in [0.2, 0.25) is 0 Å². The van der Waals surface area contributed by atoms with Crippen molar-refractivity contribution in [3.8, 4) is 5.75 Å². The first kappa shape index (κ1) is 9.74. The molecule has 1 unspecified atom stereocenters. The minimum Gasteiger partial charge on any atom is -0.491 e. The fourth-order valence-electron chi connectivity index (χ4n) is 1.48. The first-order valence-corrected chi connectivity index (χ1v) is 4.95. The monoisotopic (exact) mass is 231 g/mol. The summed E-state index contributed by atoms with van der Waals surface area (Å²) in [6, 6.07) is 3.43. The minimum absolute atomic E-state index is 0.490. The Labute approximate surface area is 90.9 Å². The highest BCUT2D eigenvalue weighted by molar-refractivity contribution is 6.32. The van der Waals surface area contributed by atoms with Gasteiger partial charge in [-0.1, -0.05) is 23.2 Å². The summed E-state index contributed by atoms with van der Waals surface area (Å²) < 4.78 is 5.31. The van der Waals surface area contributed by atoms with Gasteiger partial charge in [-0.15, -0.1) is 4.91 Å². The average molecular weight is 232 g/mol. The Hall–Kier alpha value is -0.800. The second-order valence-corrected chi connectivity index (χ2v) is 3.85. The number of ether oxygens (including phenoxy) is 1. The van der Waals surface area contributed by atoms with Crippen molar-refractivity contribution >= 4 is 23.2 Å². The van der Waals surface area contributed by atoms with Crippen LogP contribution < -0.4 is 4.74 Å². The molecular formula is C9H7Cl2NO2. The highest BCUT2D eigenvalue weighted by Crippen LogP contribution is 2.37.